The first-order valence-electron chi connectivity index (χ1n) is 10.0. The molecule has 0 aliphatic carbocycles. The van der Waals surface area contributed by atoms with Crippen molar-refractivity contribution in [2.45, 2.75) is 52.5 Å². The zero-order chi connectivity index (χ0) is 19.2. The number of hydrogen-bond donors (Lipinski definition) is 2. The maximum atomic E-state index is 6.02. The lowest BCUT2D eigenvalue weighted by atomic mass is 9.84. The second-order valence-electron chi connectivity index (χ2n) is 8.92. The molecular weight excluding hydrogens is 320 g/mol. The van der Waals surface area contributed by atoms with Gasteiger partial charge in [0.25, 0.3) is 0 Å². The Bertz CT molecular complexity index is 586. The molecule has 1 aromatic carbocycles. The van der Waals surface area contributed by atoms with Gasteiger partial charge in [-0.2, -0.15) is 0 Å². The van der Waals surface area contributed by atoms with E-state index in [0.29, 0.717) is 11.5 Å². The molecule has 1 aromatic rings. The van der Waals surface area contributed by atoms with E-state index in [1.165, 1.54) is 44.3 Å². The number of hydrogen-bond acceptors (Lipinski definition) is 4. The average molecular weight is 359 g/mol. The molecule has 0 amide bonds. The zero-order valence-electron chi connectivity index (χ0n) is 17.4. The van der Waals surface area contributed by atoms with E-state index in [1.54, 1.807) is 13.3 Å². The predicted octanol–water partition coefficient (Wildman–Crippen LogP) is 4.12. The van der Waals surface area contributed by atoms with E-state index >= 15 is 0 Å². The number of nitrogens with two attached hydrogens (primary N) is 1. The smallest absolute Gasteiger partial charge is 0.0406 e. The molecule has 0 radical (unpaired) electrons. The minimum absolute atomic E-state index is 0.459. The molecule has 2 fully saturated rings. The van der Waals surface area contributed by atoms with E-state index in [-0.39, 0.29) is 0 Å². The van der Waals surface area contributed by atoms with E-state index in [9.17, 15) is 0 Å². The largest absolute Gasteiger partial charge is 0.398 e. The Morgan fingerprint density at radius 2 is 2.08 bits per heavy atom. The maximum absolute atomic E-state index is 6.02. The molecule has 2 atom stereocenters. The van der Waals surface area contributed by atoms with Crippen molar-refractivity contribution in [3.63, 3.8) is 0 Å². The summed E-state index contributed by atoms with van der Waals surface area (Å²) >= 11 is 0. The van der Waals surface area contributed by atoms with Crippen molar-refractivity contribution in [1.29, 1.82) is 0 Å². The highest BCUT2D eigenvalue weighted by molar-refractivity contribution is 5.86. The summed E-state index contributed by atoms with van der Waals surface area (Å²) in [6, 6.07) is 6.74. The van der Waals surface area contributed by atoms with Crippen molar-refractivity contribution >= 4 is 11.9 Å². The monoisotopic (exact) mass is 358 g/mol. The molecule has 0 aromatic heterocycles. The van der Waals surface area contributed by atoms with Gasteiger partial charge in [0.05, 0.1) is 0 Å². The van der Waals surface area contributed by atoms with Crippen LogP contribution in [-0.4, -0.2) is 44.8 Å². The first-order valence-corrected chi connectivity index (χ1v) is 10.0. The molecule has 0 saturated carbocycles. The van der Waals surface area contributed by atoms with Gasteiger partial charge >= 0.3 is 0 Å². The second-order valence-corrected chi connectivity index (χ2v) is 8.92. The molecule has 0 bridgehead atoms. The van der Waals surface area contributed by atoms with Crippen molar-refractivity contribution in [3.05, 3.63) is 29.3 Å². The van der Waals surface area contributed by atoms with Gasteiger partial charge in [0.15, 0.2) is 0 Å². The molecule has 26 heavy (non-hydrogen) atoms. The molecule has 4 heteroatoms. The van der Waals surface area contributed by atoms with Crippen LogP contribution in [0.4, 0.5) is 5.69 Å². The highest BCUT2D eigenvalue weighted by Crippen LogP contribution is 2.28. The van der Waals surface area contributed by atoms with E-state index in [1.807, 2.05) is 0 Å². The van der Waals surface area contributed by atoms with Crippen LogP contribution in [0.3, 0.4) is 0 Å². The zero-order valence-corrected chi connectivity index (χ0v) is 17.4. The first-order chi connectivity index (χ1) is 12.3. The third-order valence-corrected chi connectivity index (χ3v) is 5.53. The van der Waals surface area contributed by atoms with Gasteiger partial charge in [0.2, 0.25) is 0 Å². The lowest BCUT2D eigenvalue weighted by Gasteiger charge is -2.35. The third kappa shape index (κ3) is 6.40. The van der Waals surface area contributed by atoms with Crippen LogP contribution in [0.1, 0.15) is 63.6 Å². The summed E-state index contributed by atoms with van der Waals surface area (Å²) < 4.78 is 0. The van der Waals surface area contributed by atoms with Gasteiger partial charge < -0.3 is 16.0 Å². The second kappa shape index (κ2) is 9.52. The lowest BCUT2D eigenvalue weighted by Crippen LogP contribution is -2.37. The molecule has 4 nitrogen and oxygen atoms in total. The van der Waals surface area contributed by atoms with Crippen LogP contribution in [0.25, 0.3) is 0 Å². The number of nitrogen functional groups attached to an aromatic ring is 1. The van der Waals surface area contributed by atoms with E-state index in [2.05, 4.69) is 61.2 Å². The first kappa shape index (κ1) is 20.9. The Morgan fingerprint density at radius 1 is 1.31 bits per heavy atom. The fraction of sp³-hybridized carbons (Fsp3) is 0.682. The molecule has 2 aliphatic rings. The van der Waals surface area contributed by atoms with Crippen molar-refractivity contribution < 1.29 is 0 Å². The Balaban J connectivity index is 0.000000228. The highest BCUT2D eigenvalue weighted by Gasteiger charge is 2.23. The minimum Gasteiger partial charge on any atom is -0.398 e. The lowest BCUT2D eigenvalue weighted by molar-refractivity contribution is 0.143. The van der Waals surface area contributed by atoms with Crippen LogP contribution >= 0.6 is 0 Å². The minimum atomic E-state index is 0.459. The van der Waals surface area contributed by atoms with Gasteiger partial charge in [-0.3, -0.25) is 4.99 Å². The summed E-state index contributed by atoms with van der Waals surface area (Å²) in [6.45, 7) is 10.7. The average Bonchev–Trinajstić information content (AvgIpc) is 2.57. The van der Waals surface area contributed by atoms with Gasteiger partial charge in [-0.25, -0.2) is 0 Å². The van der Waals surface area contributed by atoms with Crippen LogP contribution in [-0.2, 0) is 0 Å². The summed E-state index contributed by atoms with van der Waals surface area (Å²) in [5, 5.41) is 3.57. The predicted molar refractivity (Wildman–Crippen MR) is 114 cm³/mol. The maximum Gasteiger partial charge on any atom is 0.0406 e. The highest BCUT2D eigenvalue weighted by atomic mass is 15.1. The Labute approximate surface area is 160 Å². The fourth-order valence-corrected chi connectivity index (χ4v) is 4.07. The van der Waals surface area contributed by atoms with Crippen LogP contribution in [0.2, 0.25) is 0 Å². The summed E-state index contributed by atoms with van der Waals surface area (Å²) in [5.41, 5.74) is 9.71. The van der Waals surface area contributed by atoms with Gasteiger partial charge in [-0.05, 0) is 68.8 Å². The summed E-state index contributed by atoms with van der Waals surface area (Å²) in [4.78, 5) is 6.42. The SMILES string of the molecule is CN1CCCC(C)(C)C1.CN=Cc1ccc([C@H]2CCC(C)CN2)cc1N. The van der Waals surface area contributed by atoms with Gasteiger partial charge in [0, 0.05) is 37.1 Å². The van der Waals surface area contributed by atoms with Crippen LogP contribution in [0.5, 0.6) is 0 Å². The third-order valence-electron chi connectivity index (χ3n) is 5.53. The van der Waals surface area contributed by atoms with Gasteiger partial charge in [-0.1, -0.05) is 32.9 Å². The topological polar surface area (TPSA) is 53.6 Å². The summed E-state index contributed by atoms with van der Waals surface area (Å²) in [6.07, 6.45) is 7.06. The quantitative estimate of drug-likeness (QED) is 0.618. The molecular formula is C22H38N4. The van der Waals surface area contributed by atoms with Crippen LogP contribution < -0.4 is 11.1 Å². The van der Waals surface area contributed by atoms with Crippen LogP contribution in [0, 0.1) is 11.3 Å². The van der Waals surface area contributed by atoms with Crippen molar-refractivity contribution in [2.75, 3.05) is 39.5 Å². The molecule has 2 saturated heterocycles. The Hall–Kier alpha value is -1.39. The number of benzene rings is 1. The van der Waals surface area contributed by atoms with Crippen molar-refractivity contribution in [3.8, 4) is 0 Å². The van der Waals surface area contributed by atoms with Crippen LogP contribution in [0.15, 0.2) is 23.2 Å². The number of nitrogens with one attached hydrogen (secondary N) is 1. The number of aliphatic imine (C=N–C) groups is 1. The number of likely N-dealkylation sites (tertiary alicyclic amines) is 1. The van der Waals surface area contributed by atoms with E-state index in [4.69, 9.17) is 5.73 Å². The molecule has 146 valence electrons. The van der Waals surface area contributed by atoms with Crippen molar-refractivity contribution in [1.82, 2.24) is 10.2 Å². The number of rotatable bonds is 2. The fourth-order valence-electron chi connectivity index (χ4n) is 4.07. The standard InChI is InChI=1S/C14H21N3.C8H17N/c1-10-3-6-14(17-8-10)11-4-5-12(9-16-2)13(15)7-11;1-8(2)5-4-6-9(3)7-8/h4-5,7,9-10,14,17H,3,6,8,15H2,1-2H3;4-7H2,1-3H3/t10?,14-;/m1./s1. The van der Waals surface area contributed by atoms with Crippen molar-refractivity contribution in [2.24, 2.45) is 16.3 Å². The Kier molecular flexibility index (Phi) is 7.66. The summed E-state index contributed by atoms with van der Waals surface area (Å²) in [5.74, 6) is 0.787. The molecule has 2 aliphatic heterocycles. The molecule has 3 rings (SSSR count). The van der Waals surface area contributed by atoms with E-state index in [0.717, 1.165) is 23.7 Å². The normalized spacial score (nSPS) is 26.3. The molecule has 0 spiro atoms. The number of piperidine rings is 2. The molecule has 2 heterocycles. The van der Waals surface area contributed by atoms with Gasteiger partial charge in [-0.15, -0.1) is 0 Å². The molecule has 1 unspecified atom stereocenters. The van der Waals surface area contributed by atoms with E-state index < -0.39 is 0 Å². The van der Waals surface area contributed by atoms with Gasteiger partial charge in [0.1, 0.15) is 0 Å². The molecule has 3 N–H and O–H groups in total. The summed E-state index contributed by atoms with van der Waals surface area (Å²) in [7, 11) is 3.97. The number of anilines is 1. The Morgan fingerprint density at radius 3 is 2.58 bits per heavy atom. The number of nitrogens with zero attached hydrogens (tertiary/aromatic N) is 2.